The Hall–Kier alpha value is -2.59. The Labute approximate surface area is 113 Å². The third-order valence-corrected chi connectivity index (χ3v) is 2.57. The molecule has 0 saturated heterocycles. The second kappa shape index (κ2) is 5.84. The first-order valence-electron chi connectivity index (χ1n) is 5.18. The molecule has 0 saturated carbocycles. The molecular weight excluding hydrogens is 268 g/mol. The molecule has 2 aromatic rings. The first kappa shape index (κ1) is 12.9. The van der Waals surface area contributed by atoms with E-state index >= 15 is 0 Å². The molecule has 0 bridgehead atoms. The van der Waals surface area contributed by atoms with Gasteiger partial charge in [-0.2, -0.15) is 10.5 Å². The van der Waals surface area contributed by atoms with Gasteiger partial charge in [0.1, 0.15) is 17.4 Å². The van der Waals surface area contributed by atoms with E-state index in [2.05, 4.69) is 25.9 Å². The van der Waals surface area contributed by atoms with Crippen molar-refractivity contribution in [3.05, 3.63) is 35.2 Å². The van der Waals surface area contributed by atoms with Gasteiger partial charge < -0.3 is 10.1 Å². The topological polar surface area (TPSA) is 99.5 Å². The van der Waals surface area contributed by atoms with Gasteiger partial charge in [-0.05, 0) is 17.3 Å². The van der Waals surface area contributed by atoms with Crippen LogP contribution in [0.25, 0.3) is 5.57 Å². The highest BCUT2D eigenvalue weighted by Crippen LogP contribution is 2.26. The molecule has 2 N–H and O–H groups in total. The molecule has 8 heteroatoms. The highest BCUT2D eigenvalue weighted by atomic mass is 35.5. The SMILES string of the molecule is COc1ccc(NC=C(C#N)c2nn[nH]n2)c(Cl)c1. The number of halogens is 1. The summed E-state index contributed by atoms with van der Waals surface area (Å²) >= 11 is 6.06. The van der Waals surface area contributed by atoms with Crippen molar-refractivity contribution in [2.75, 3.05) is 12.4 Å². The molecule has 0 amide bonds. The molecule has 0 fully saturated rings. The summed E-state index contributed by atoms with van der Waals surface area (Å²) in [7, 11) is 1.56. The Morgan fingerprint density at radius 1 is 1.58 bits per heavy atom. The first-order chi connectivity index (χ1) is 9.24. The van der Waals surface area contributed by atoms with Gasteiger partial charge in [-0.1, -0.05) is 11.6 Å². The summed E-state index contributed by atoms with van der Waals surface area (Å²) in [6.07, 6.45) is 1.46. The Bertz CT molecular complexity index is 631. The number of aromatic nitrogens is 4. The lowest BCUT2D eigenvalue weighted by Crippen LogP contribution is -1.94. The van der Waals surface area contributed by atoms with E-state index < -0.39 is 0 Å². The molecule has 2 rings (SSSR count). The van der Waals surface area contributed by atoms with Crippen molar-refractivity contribution in [1.29, 1.82) is 5.26 Å². The fourth-order valence-electron chi connectivity index (χ4n) is 1.31. The number of hydrogen-bond donors (Lipinski definition) is 2. The molecule has 0 aliphatic carbocycles. The van der Waals surface area contributed by atoms with Gasteiger partial charge in [0.05, 0.1) is 17.8 Å². The summed E-state index contributed by atoms with van der Waals surface area (Å²) in [5, 5.41) is 25.5. The minimum absolute atomic E-state index is 0.208. The number of rotatable bonds is 4. The smallest absolute Gasteiger partial charge is 0.216 e. The van der Waals surface area contributed by atoms with Crippen molar-refractivity contribution in [3.8, 4) is 11.8 Å². The summed E-state index contributed by atoms with van der Waals surface area (Å²) in [6, 6.07) is 7.12. The van der Waals surface area contributed by atoms with Crippen LogP contribution < -0.4 is 10.1 Å². The van der Waals surface area contributed by atoms with Crippen molar-refractivity contribution in [1.82, 2.24) is 20.6 Å². The van der Waals surface area contributed by atoms with Gasteiger partial charge in [0.25, 0.3) is 0 Å². The lowest BCUT2D eigenvalue weighted by atomic mass is 10.2. The molecule has 96 valence electrons. The fourth-order valence-corrected chi connectivity index (χ4v) is 1.54. The van der Waals surface area contributed by atoms with Gasteiger partial charge in [-0.15, -0.1) is 10.2 Å². The molecule has 0 atom stereocenters. The summed E-state index contributed by atoms with van der Waals surface area (Å²) in [6.45, 7) is 0. The summed E-state index contributed by atoms with van der Waals surface area (Å²) < 4.78 is 5.04. The molecule has 0 unspecified atom stereocenters. The Balaban J connectivity index is 2.20. The summed E-state index contributed by atoms with van der Waals surface area (Å²) in [5.41, 5.74) is 0.874. The van der Waals surface area contributed by atoms with Crippen LogP contribution in [0.4, 0.5) is 5.69 Å². The van der Waals surface area contributed by atoms with Crippen LogP contribution >= 0.6 is 11.6 Å². The average Bonchev–Trinajstić information content (AvgIpc) is 2.95. The second-order valence-corrected chi connectivity index (χ2v) is 3.80. The highest BCUT2D eigenvalue weighted by molar-refractivity contribution is 6.33. The molecular formula is C11H9ClN6O. The average molecular weight is 277 g/mol. The number of nitrogens with one attached hydrogen (secondary N) is 2. The van der Waals surface area contributed by atoms with Crippen LogP contribution in [-0.2, 0) is 0 Å². The Morgan fingerprint density at radius 2 is 2.42 bits per heavy atom. The van der Waals surface area contributed by atoms with Gasteiger partial charge in [0.2, 0.25) is 5.82 Å². The standard InChI is InChI=1S/C11H9ClN6O/c1-19-8-2-3-10(9(12)4-8)14-6-7(5-13)11-15-17-18-16-11/h2-4,6,14H,1H3,(H,15,16,17,18). The summed E-state index contributed by atoms with van der Waals surface area (Å²) in [5.74, 6) is 0.859. The normalized spacial score (nSPS) is 10.9. The maximum Gasteiger partial charge on any atom is 0.216 e. The number of nitriles is 1. The van der Waals surface area contributed by atoms with Crippen molar-refractivity contribution in [3.63, 3.8) is 0 Å². The van der Waals surface area contributed by atoms with Crippen LogP contribution in [-0.4, -0.2) is 27.7 Å². The van der Waals surface area contributed by atoms with E-state index in [1.807, 2.05) is 6.07 Å². The van der Waals surface area contributed by atoms with Crippen LogP contribution in [0.3, 0.4) is 0 Å². The number of hydrogen-bond acceptors (Lipinski definition) is 6. The Morgan fingerprint density at radius 3 is 3.00 bits per heavy atom. The predicted molar refractivity (Wildman–Crippen MR) is 69.4 cm³/mol. The largest absolute Gasteiger partial charge is 0.497 e. The van der Waals surface area contributed by atoms with E-state index in [0.717, 1.165) is 0 Å². The molecule has 1 aromatic heterocycles. The van der Waals surface area contributed by atoms with Gasteiger partial charge in [0.15, 0.2) is 0 Å². The fraction of sp³-hybridized carbons (Fsp3) is 0.0909. The van der Waals surface area contributed by atoms with Crippen LogP contribution in [0.15, 0.2) is 24.4 Å². The minimum Gasteiger partial charge on any atom is -0.497 e. The lowest BCUT2D eigenvalue weighted by Gasteiger charge is -2.06. The van der Waals surface area contributed by atoms with Crippen LogP contribution in [0.1, 0.15) is 5.82 Å². The lowest BCUT2D eigenvalue weighted by molar-refractivity contribution is 0.415. The number of ether oxygens (including phenoxy) is 1. The van der Waals surface area contributed by atoms with Crippen molar-refractivity contribution >= 4 is 22.9 Å². The van der Waals surface area contributed by atoms with Gasteiger partial charge in [-0.25, -0.2) is 0 Å². The van der Waals surface area contributed by atoms with Gasteiger partial charge in [-0.3, -0.25) is 0 Å². The second-order valence-electron chi connectivity index (χ2n) is 3.40. The van der Waals surface area contributed by atoms with E-state index in [9.17, 15) is 0 Å². The zero-order valence-electron chi connectivity index (χ0n) is 9.88. The zero-order valence-corrected chi connectivity index (χ0v) is 10.6. The molecule has 1 heterocycles. The van der Waals surface area contributed by atoms with E-state index in [1.165, 1.54) is 6.20 Å². The molecule has 0 radical (unpaired) electrons. The molecule has 0 spiro atoms. The molecule has 7 nitrogen and oxygen atoms in total. The van der Waals surface area contributed by atoms with Crippen molar-refractivity contribution in [2.24, 2.45) is 0 Å². The summed E-state index contributed by atoms with van der Waals surface area (Å²) in [4.78, 5) is 0. The zero-order chi connectivity index (χ0) is 13.7. The van der Waals surface area contributed by atoms with E-state index in [4.69, 9.17) is 21.6 Å². The van der Waals surface area contributed by atoms with Gasteiger partial charge >= 0.3 is 0 Å². The Kier molecular flexibility index (Phi) is 3.95. The maximum absolute atomic E-state index is 8.99. The van der Waals surface area contributed by atoms with E-state index in [0.29, 0.717) is 16.5 Å². The maximum atomic E-state index is 8.99. The number of benzene rings is 1. The van der Waals surface area contributed by atoms with Crippen LogP contribution in [0.5, 0.6) is 5.75 Å². The quantitative estimate of drug-likeness (QED) is 0.827. The number of methoxy groups -OCH3 is 1. The molecule has 19 heavy (non-hydrogen) atoms. The monoisotopic (exact) mass is 276 g/mol. The number of allylic oxidation sites excluding steroid dienone is 1. The number of tetrazole rings is 1. The van der Waals surface area contributed by atoms with Crippen molar-refractivity contribution in [2.45, 2.75) is 0 Å². The first-order valence-corrected chi connectivity index (χ1v) is 5.56. The van der Waals surface area contributed by atoms with Crippen LogP contribution in [0, 0.1) is 11.3 Å². The predicted octanol–water partition coefficient (Wildman–Crippen LogP) is 1.84. The van der Waals surface area contributed by atoms with Gasteiger partial charge in [0, 0.05) is 12.3 Å². The molecule has 0 aliphatic rings. The molecule has 1 aromatic carbocycles. The molecule has 0 aliphatic heterocycles. The number of nitrogens with zero attached hydrogens (tertiary/aromatic N) is 4. The third kappa shape index (κ3) is 3.00. The van der Waals surface area contributed by atoms with E-state index in [1.54, 1.807) is 25.3 Å². The number of H-pyrrole nitrogens is 1. The van der Waals surface area contributed by atoms with Crippen LogP contribution in [0.2, 0.25) is 5.02 Å². The van der Waals surface area contributed by atoms with E-state index in [-0.39, 0.29) is 11.4 Å². The third-order valence-electron chi connectivity index (χ3n) is 2.25. The minimum atomic E-state index is 0.208. The number of anilines is 1. The number of aromatic amines is 1. The van der Waals surface area contributed by atoms with Crippen molar-refractivity contribution < 1.29 is 4.74 Å². The highest BCUT2D eigenvalue weighted by Gasteiger charge is 2.06.